The Hall–Kier alpha value is -2.47. The maximum atomic E-state index is 10.8. The number of hydrogen-bond acceptors (Lipinski definition) is 5. The van der Waals surface area contributed by atoms with Crippen molar-refractivity contribution in [2.75, 3.05) is 0 Å². The van der Waals surface area contributed by atoms with Gasteiger partial charge in [-0.15, -0.1) is 5.10 Å². The van der Waals surface area contributed by atoms with E-state index < -0.39 is 5.97 Å². The second-order valence-corrected chi connectivity index (χ2v) is 5.44. The van der Waals surface area contributed by atoms with Gasteiger partial charge in [0.15, 0.2) is 0 Å². The molecule has 3 rings (SSSR count). The SMILES string of the molecule is Cc1nnc(Sc2ccc(C(=O)O)cn2)c2ccccc12. The molecule has 3 aromatic rings. The first-order valence-corrected chi connectivity index (χ1v) is 7.06. The normalized spacial score (nSPS) is 10.7. The van der Waals surface area contributed by atoms with Crippen LogP contribution < -0.4 is 0 Å². The Bertz CT molecular complexity index is 819. The number of hydrogen-bond donors (Lipinski definition) is 1. The predicted octanol–water partition coefficient (Wildman–Crippen LogP) is 3.18. The molecular formula is C15H11N3O2S. The summed E-state index contributed by atoms with van der Waals surface area (Å²) >= 11 is 1.37. The zero-order valence-corrected chi connectivity index (χ0v) is 12.0. The van der Waals surface area contributed by atoms with Crippen molar-refractivity contribution in [3.05, 3.63) is 53.9 Å². The molecule has 0 fully saturated rings. The van der Waals surface area contributed by atoms with Gasteiger partial charge in [-0.1, -0.05) is 24.3 Å². The van der Waals surface area contributed by atoms with E-state index in [-0.39, 0.29) is 5.56 Å². The van der Waals surface area contributed by atoms with Crippen LogP contribution in [0.5, 0.6) is 0 Å². The van der Waals surface area contributed by atoms with Crippen molar-refractivity contribution in [3.8, 4) is 0 Å². The van der Waals surface area contributed by atoms with Crippen LogP contribution in [0.2, 0.25) is 0 Å². The Balaban J connectivity index is 1.98. The molecule has 0 bridgehead atoms. The smallest absolute Gasteiger partial charge is 0.337 e. The number of nitrogens with zero attached hydrogens (tertiary/aromatic N) is 3. The number of carbonyl (C=O) groups is 1. The summed E-state index contributed by atoms with van der Waals surface area (Å²) in [5.41, 5.74) is 1.04. The minimum atomic E-state index is -0.986. The van der Waals surface area contributed by atoms with E-state index in [1.807, 2.05) is 31.2 Å². The van der Waals surface area contributed by atoms with E-state index in [2.05, 4.69) is 15.2 Å². The lowest BCUT2D eigenvalue weighted by Crippen LogP contribution is -1.97. The molecule has 0 unspecified atom stereocenters. The third kappa shape index (κ3) is 2.71. The molecule has 2 heterocycles. The second-order valence-electron chi connectivity index (χ2n) is 4.43. The Morgan fingerprint density at radius 1 is 1.10 bits per heavy atom. The minimum Gasteiger partial charge on any atom is -0.478 e. The van der Waals surface area contributed by atoms with Gasteiger partial charge in [0, 0.05) is 17.0 Å². The molecule has 21 heavy (non-hydrogen) atoms. The highest BCUT2D eigenvalue weighted by Gasteiger charge is 2.09. The molecule has 5 nitrogen and oxygen atoms in total. The Labute approximate surface area is 125 Å². The van der Waals surface area contributed by atoms with Crippen LogP contribution in [-0.4, -0.2) is 26.3 Å². The summed E-state index contributed by atoms with van der Waals surface area (Å²) in [5, 5.41) is 20.7. The molecule has 0 spiro atoms. The van der Waals surface area contributed by atoms with Crippen LogP contribution in [0.1, 0.15) is 16.1 Å². The number of benzene rings is 1. The Kier molecular flexibility index (Phi) is 3.53. The van der Waals surface area contributed by atoms with Crippen LogP contribution in [0.3, 0.4) is 0 Å². The number of aromatic nitrogens is 3. The van der Waals surface area contributed by atoms with Gasteiger partial charge < -0.3 is 5.11 Å². The van der Waals surface area contributed by atoms with Crippen molar-refractivity contribution in [1.82, 2.24) is 15.2 Å². The molecule has 0 aliphatic carbocycles. The van der Waals surface area contributed by atoms with E-state index in [1.54, 1.807) is 6.07 Å². The predicted molar refractivity (Wildman–Crippen MR) is 79.6 cm³/mol. The number of carboxylic acids is 1. The number of pyridine rings is 1. The van der Waals surface area contributed by atoms with Gasteiger partial charge in [0.25, 0.3) is 0 Å². The monoisotopic (exact) mass is 297 g/mol. The molecule has 1 aromatic carbocycles. The quantitative estimate of drug-likeness (QED) is 0.800. The van der Waals surface area contributed by atoms with E-state index >= 15 is 0 Å². The van der Waals surface area contributed by atoms with Crippen molar-refractivity contribution < 1.29 is 9.90 Å². The van der Waals surface area contributed by atoms with Gasteiger partial charge in [-0.2, -0.15) is 5.10 Å². The third-order valence-electron chi connectivity index (χ3n) is 3.02. The summed E-state index contributed by atoms with van der Waals surface area (Å²) in [6.45, 7) is 1.92. The standard InChI is InChI=1S/C15H11N3O2S/c1-9-11-4-2-3-5-12(11)14(18-17-9)21-13-7-6-10(8-16-13)15(19)20/h2-8H,1H3,(H,19,20). The number of carboxylic acid groups (broad SMARTS) is 1. The van der Waals surface area contributed by atoms with Crippen molar-refractivity contribution in [2.24, 2.45) is 0 Å². The molecule has 0 amide bonds. The molecule has 0 atom stereocenters. The molecule has 6 heteroatoms. The number of fused-ring (bicyclic) bond motifs is 1. The van der Waals surface area contributed by atoms with E-state index in [9.17, 15) is 4.79 Å². The molecular weight excluding hydrogens is 286 g/mol. The van der Waals surface area contributed by atoms with Gasteiger partial charge in [0.1, 0.15) is 10.1 Å². The van der Waals surface area contributed by atoms with Crippen molar-refractivity contribution in [2.45, 2.75) is 17.0 Å². The third-order valence-corrected chi connectivity index (χ3v) is 3.97. The lowest BCUT2D eigenvalue weighted by Gasteiger charge is -2.06. The zero-order valence-electron chi connectivity index (χ0n) is 11.1. The summed E-state index contributed by atoms with van der Waals surface area (Å²) in [6.07, 6.45) is 1.34. The maximum absolute atomic E-state index is 10.8. The number of aryl methyl sites for hydroxylation is 1. The van der Waals surface area contributed by atoms with E-state index in [0.29, 0.717) is 5.03 Å². The lowest BCUT2D eigenvalue weighted by molar-refractivity contribution is 0.0696. The average molecular weight is 297 g/mol. The molecule has 2 aromatic heterocycles. The van der Waals surface area contributed by atoms with Crippen LogP contribution >= 0.6 is 11.8 Å². The Morgan fingerprint density at radius 3 is 2.52 bits per heavy atom. The number of rotatable bonds is 3. The molecule has 0 aliphatic rings. The lowest BCUT2D eigenvalue weighted by atomic mass is 10.1. The van der Waals surface area contributed by atoms with Crippen molar-refractivity contribution in [1.29, 1.82) is 0 Å². The highest BCUT2D eigenvalue weighted by molar-refractivity contribution is 7.99. The van der Waals surface area contributed by atoms with Crippen LogP contribution in [0.25, 0.3) is 10.8 Å². The van der Waals surface area contributed by atoms with Gasteiger partial charge in [-0.25, -0.2) is 9.78 Å². The topological polar surface area (TPSA) is 76.0 Å². The van der Waals surface area contributed by atoms with Crippen LogP contribution in [0, 0.1) is 6.92 Å². The van der Waals surface area contributed by atoms with Gasteiger partial charge in [0.05, 0.1) is 11.3 Å². The molecule has 1 N–H and O–H groups in total. The molecule has 0 saturated heterocycles. The summed E-state index contributed by atoms with van der Waals surface area (Å²) in [5.74, 6) is -0.986. The van der Waals surface area contributed by atoms with Crippen LogP contribution in [0.4, 0.5) is 0 Å². The van der Waals surface area contributed by atoms with Crippen LogP contribution in [-0.2, 0) is 0 Å². The Morgan fingerprint density at radius 2 is 1.86 bits per heavy atom. The van der Waals surface area contributed by atoms with E-state index in [0.717, 1.165) is 21.5 Å². The van der Waals surface area contributed by atoms with Crippen molar-refractivity contribution >= 4 is 28.5 Å². The minimum absolute atomic E-state index is 0.166. The molecule has 0 radical (unpaired) electrons. The first-order chi connectivity index (χ1) is 10.1. The zero-order chi connectivity index (χ0) is 14.8. The van der Waals surface area contributed by atoms with Gasteiger partial charge in [0.2, 0.25) is 0 Å². The fourth-order valence-electron chi connectivity index (χ4n) is 1.95. The van der Waals surface area contributed by atoms with Gasteiger partial charge in [-0.05, 0) is 30.8 Å². The summed E-state index contributed by atoms with van der Waals surface area (Å²) in [4.78, 5) is 15.0. The second kappa shape index (κ2) is 5.49. The first-order valence-electron chi connectivity index (χ1n) is 6.24. The molecule has 0 saturated carbocycles. The van der Waals surface area contributed by atoms with Crippen LogP contribution in [0.15, 0.2) is 52.6 Å². The van der Waals surface area contributed by atoms with E-state index in [1.165, 1.54) is 24.0 Å². The summed E-state index contributed by atoms with van der Waals surface area (Å²) in [6, 6.07) is 11.1. The number of aromatic carboxylic acids is 1. The fourth-order valence-corrected chi connectivity index (χ4v) is 2.76. The molecule has 104 valence electrons. The average Bonchev–Trinajstić information content (AvgIpc) is 2.51. The summed E-state index contributed by atoms with van der Waals surface area (Å²) < 4.78 is 0. The van der Waals surface area contributed by atoms with Gasteiger partial charge in [-0.3, -0.25) is 0 Å². The van der Waals surface area contributed by atoms with E-state index in [4.69, 9.17) is 5.11 Å². The largest absolute Gasteiger partial charge is 0.478 e. The molecule has 0 aliphatic heterocycles. The van der Waals surface area contributed by atoms with Crippen molar-refractivity contribution in [3.63, 3.8) is 0 Å². The highest BCUT2D eigenvalue weighted by Crippen LogP contribution is 2.30. The fraction of sp³-hybridized carbons (Fsp3) is 0.0667. The maximum Gasteiger partial charge on any atom is 0.337 e. The summed E-state index contributed by atoms with van der Waals surface area (Å²) in [7, 11) is 0. The first kappa shape index (κ1) is 13.5. The highest BCUT2D eigenvalue weighted by atomic mass is 32.2. The van der Waals surface area contributed by atoms with Gasteiger partial charge >= 0.3 is 5.97 Å².